The van der Waals surface area contributed by atoms with E-state index in [0.29, 0.717) is 12.0 Å². The lowest BCUT2D eigenvalue weighted by Crippen LogP contribution is -2.78. The molecular formula is C30H40O10S. The summed E-state index contributed by atoms with van der Waals surface area (Å²) in [4.78, 5) is 40.8. The van der Waals surface area contributed by atoms with E-state index in [9.17, 15) is 34.8 Å². The molecule has 1 aromatic heterocycles. The number of rotatable bonds is 5. The molecule has 2 bridgehead atoms. The number of carbonyl (C=O) groups is 3. The standard InChI is InChI=1S/C30H40O10S/c1-14-17(40-26(35)21(32)15(2)18-8-7-11-41-18)12-30(37)25(39-16(3)31)23-28(6,10-9-19-29(23,36)13-38-19)24(34)22(33)20(14)27(30,4)5/h7-8,11,15,17,19,21-23,25,32-33,36-37H,9-10,12-13H2,1-6H3/t15-,17-,19+,21+,22+,23-,25-,28+,29-,30+/m0/s1. The van der Waals surface area contributed by atoms with Crippen LogP contribution in [-0.2, 0) is 28.6 Å². The lowest BCUT2D eigenvalue weighted by molar-refractivity contribution is -0.331. The summed E-state index contributed by atoms with van der Waals surface area (Å²) in [6, 6.07) is 3.62. The van der Waals surface area contributed by atoms with Crippen molar-refractivity contribution in [2.24, 2.45) is 16.7 Å². The highest BCUT2D eigenvalue weighted by Crippen LogP contribution is 2.63. The molecule has 0 unspecified atom stereocenters. The number of hydrogen-bond donors (Lipinski definition) is 4. The molecule has 10 atom stereocenters. The number of Topliss-reactive ketones (excluding diaryl/α,β-unsaturated/α-hetero) is 1. The summed E-state index contributed by atoms with van der Waals surface area (Å²) in [5.41, 5.74) is -5.75. The highest BCUT2D eigenvalue weighted by Gasteiger charge is 2.74. The van der Waals surface area contributed by atoms with Crippen molar-refractivity contribution in [2.45, 2.75) is 108 Å². The van der Waals surface area contributed by atoms with Gasteiger partial charge in [-0.2, -0.15) is 0 Å². The number of hydrogen-bond acceptors (Lipinski definition) is 11. The van der Waals surface area contributed by atoms with E-state index in [1.54, 1.807) is 40.7 Å². The van der Waals surface area contributed by atoms with E-state index in [0.717, 1.165) is 4.88 Å². The molecule has 5 rings (SSSR count). The Kier molecular flexibility index (Phi) is 7.36. The lowest BCUT2D eigenvalue weighted by atomic mass is 9.45. The third-order valence-corrected chi connectivity index (χ3v) is 11.6. The minimum atomic E-state index is -2.00. The second-order valence-electron chi connectivity index (χ2n) is 13.0. The Bertz CT molecular complexity index is 1270. The maximum Gasteiger partial charge on any atom is 0.336 e. The van der Waals surface area contributed by atoms with E-state index in [1.165, 1.54) is 18.3 Å². The summed E-state index contributed by atoms with van der Waals surface area (Å²) < 4.78 is 17.3. The van der Waals surface area contributed by atoms with Gasteiger partial charge in [-0.1, -0.05) is 33.8 Å². The molecule has 10 nitrogen and oxygen atoms in total. The Morgan fingerprint density at radius 2 is 1.88 bits per heavy atom. The van der Waals surface area contributed by atoms with Gasteiger partial charge in [0.2, 0.25) is 0 Å². The van der Waals surface area contributed by atoms with Gasteiger partial charge in [0.25, 0.3) is 0 Å². The van der Waals surface area contributed by atoms with E-state index in [1.807, 2.05) is 11.4 Å². The zero-order valence-corrected chi connectivity index (χ0v) is 25.1. The molecule has 1 aromatic rings. The van der Waals surface area contributed by atoms with Crippen LogP contribution in [0.4, 0.5) is 0 Å². The van der Waals surface area contributed by atoms with Crippen molar-refractivity contribution in [3.63, 3.8) is 0 Å². The van der Waals surface area contributed by atoms with Crippen LogP contribution in [0.5, 0.6) is 0 Å². The van der Waals surface area contributed by atoms with Gasteiger partial charge >= 0.3 is 11.9 Å². The molecule has 0 amide bonds. The first-order chi connectivity index (χ1) is 19.0. The first-order valence-corrected chi connectivity index (χ1v) is 15.0. The number of carbonyl (C=O) groups excluding carboxylic acids is 3. The molecule has 11 heteroatoms. The summed E-state index contributed by atoms with van der Waals surface area (Å²) in [5, 5.41) is 48.9. The number of ketones is 1. The first-order valence-electron chi connectivity index (χ1n) is 14.1. The van der Waals surface area contributed by atoms with E-state index >= 15 is 0 Å². The van der Waals surface area contributed by atoms with Crippen LogP contribution in [0.1, 0.15) is 71.6 Å². The van der Waals surface area contributed by atoms with Crippen molar-refractivity contribution in [3.8, 4) is 0 Å². The molecule has 2 saturated carbocycles. The molecular weight excluding hydrogens is 552 g/mol. The molecule has 0 spiro atoms. The Balaban J connectivity index is 1.63. The minimum absolute atomic E-state index is 0.123. The van der Waals surface area contributed by atoms with Crippen LogP contribution >= 0.6 is 11.3 Å². The number of aliphatic hydroxyl groups is 4. The van der Waals surface area contributed by atoms with Gasteiger partial charge in [0, 0.05) is 40.9 Å². The zero-order chi connectivity index (χ0) is 30.3. The van der Waals surface area contributed by atoms with Gasteiger partial charge in [-0.25, -0.2) is 4.79 Å². The van der Waals surface area contributed by atoms with Crippen molar-refractivity contribution in [1.82, 2.24) is 0 Å². The van der Waals surface area contributed by atoms with E-state index < -0.39 is 82.1 Å². The van der Waals surface area contributed by atoms with Crippen molar-refractivity contribution < 1.29 is 49.0 Å². The summed E-state index contributed by atoms with van der Waals surface area (Å²) in [6.45, 7) is 9.33. The third kappa shape index (κ3) is 4.26. The van der Waals surface area contributed by atoms with Crippen molar-refractivity contribution in [2.75, 3.05) is 6.61 Å². The summed E-state index contributed by atoms with van der Waals surface area (Å²) in [7, 11) is 0. The predicted octanol–water partition coefficient (Wildman–Crippen LogP) is 2.02. The highest BCUT2D eigenvalue weighted by atomic mass is 32.1. The second-order valence-corrected chi connectivity index (χ2v) is 14.0. The Morgan fingerprint density at radius 3 is 2.44 bits per heavy atom. The smallest absolute Gasteiger partial charge is 0.336 e. The molecule has 0 aromatic carbocycles. The summed E-state index contributed by atoms with van der Waals surface area (Å²) in [6.07, 6.45) is -6.04. The van der Waals surface area contributed by atoms with Crippen molar-refractivity contribution >= 4 is 29.1 Å². The van der Waals surface area contributed by atoms with Crippen LogP contribution in [0.15, 0.2) is 28.7 Å². The average molecular weight is 593 g/mol. The number of fused-ring (bicyclic) bond motifs is 5. The molecule has 1 saturated heterocycles. The normalized spacial score (nSPS) is 41.1. The highest BCUT2D eigenvalue weighted by molar-refractivity contribution is 7.10. The summed E-state index contributed by atoms with van der Waals surface area (Å²) in [5.74, 6) is -3.88. The molecule has 3 aliphatic carbocycles. The van der Waals surface area contributed by atoms with E-state index in [-0.39, 0.29) is 25.0 Å². The van der Waals surface area contributed by atoms with E-state index in [2.05, 4.69) is 0 Å². The fourth-order valence-corrected chi connectivity index (χ4v) is 8.75. The van der Waals surface area contributed by atoms with Crippen molar-refractivity contribution in [3.05, 3.63) is 33.5 Å². The number of ether oxygens (including phenoxy) is 3. The topological polar surface area (TPSA) is 160 Å². The molecule has 4 aliphatic rings. The molecule has 0 radical (unpaired) electrons. The van der Waals surface area contributed by atoms with Crippen molar-refractivity contribution in [1.29, 1.82) is 0 Å². The SMILES string of the molecule is CC(=O)O[C@H]1[C@@H]2[C@]3(O)CO[C@@H]3CC[C@@]2(C)C(=O)[C@H](O)C2=C(C)[C@@H](OC(=O)[C@H](O)[C@@H](C)c3cccs3)C[C@]1(O)C2(C)C. The molecule has 3 fully saturated rings. The van der Waals surface area contributed by atoms with Crippen LogP contribution in [0.2, 0.25) is 0 Å². The maximum absolute atomic E-state index is 14.2. The third-order valence-electron chi connectivity index (χ3n) is 10.5. The number of thiophene rings is 1. The fourth-order valence-electron chi connectivity index (χ4n) is 7.94. The van der Waals surface area contributed by atoms with Gasteiger partial charge in [-0.15, -0.1) is 11.3 Å². The van der Waals surface area contributed by atoms with Crippen LogP contribution in [0.3, 0.4) is 0 Å². The quantitative estimate of drug-likeness (QED) is 0.294. The molecule has 4 N–H and O–H groups in total. The largest absolute Gasteiger partial charge is 0.459 e. The fraction of sp³-hybridized carbons (Fsp3) is 0.700. The van der Waals surface area contributed by atoms with Gasteiger partial charge in [-0.05, 0) is 42.4 Å². The minimum Gasteiger partial charge on any atom is -0.459 e. The van der Waals surface area contributed by atoms with Crippen LogP contribution < -0.4 is 0 Å². The zero-order valence-electron chi connectivity index (χ0n) is 24.2. The van der Waals surface area contributed by atoms with Crippen LogP contribution in [0.25, 0.3) is 0 Å². The Labute approximate surface area is 243 Å². The molecule has 226 valence electrons. The average Bonchev–Trinajstić information content (AvgIpc) is 3.43. The number of esters is 2. The molecule has 41 heavy (non-hydrogen) atoms. The van der Waals surface area contributed by atoms with Gasteiger partial charge in [0.05, 0.1) is 12.7 Å². The number of aliphatic hydroxyl groups excluding tert-OH is 2. The maximum atomic E-state index is 14.2. The first kappa shape index (κ1) is 30.3. The monoisotopic (exact) mass is 592 g/mol. The van der Waals surface area contributed by atoms with Gasteiger partial charge in [-0.3, -0.25) is 9.59 Å². The van der Waals surface area contributed by atoms with Gasteiger partial charge in [0.15, 0.2) is 11.9 Å². The van der Waals surface area contributed by atoms with Gasteiger partial charge in [0.1, 0.15) is 29.5 Å². The van der Waals surface area contributed by atoms with E-state index in [4.69, 9.17) is 14.2 Å². The molecule has 1 aliphatic heterocycles. The van der Waals surface area contributed by atoms with Crippen LogP contribution in [0, 0.1) is 16.7 Å². The second kappa shape index (κ2) is 9.96. The Morgan fingerprint density at radius 1 is 1.20 bits per heavy atom. The predicted molar refractivity (Wildman–Crippen MR) is 147 cm³/mol. The van der Waals surface area contributed by atoms with Crippen LogP contribution in [-0.4, -0.2) is 86.5 Å². The van der Waals surface area contributed by atoms with Gasteiger partial charge < -0.3 is 34.6 Å². The molecule has 2 heterocycles. The Hall–Kier alpha value is -2.15. The summed E-state index contributed by atoms with van der Waals surface area (Å²) >= 11 is 1.39. The lowest BCUT2D eigenvalue weighted by Gasteiger charge is -2.66.